The molecular formula is C20H12F2N2O3S2. The molecule has 3 aromatic rings. The lowest BCUT2D eigenvalue weighted by Crippen LogP contribution is -2.32. The van der Waals surface area contributed by atoms with Gasteiger partial charge in [0.1, 0.15) is 16.9 Å². The summed E-state index contributed by atoms with van der Waals surface area (Å²) in [5, 5.41) is -0.182. The Labute approximate surface area is 171 Å². The topological polar surface area (TPSA) is 70.2 Å². The lowest BCUT2D eigenvalue weighted by atomic mass is 9.83. The van der Waals surface area contributed by atoms with Crippen LogP contribution in [0.3, 0.4) is 0 Å². The van der Waals surface area contributed by atoms with E-state index in [0.717, 1.165) is 28.0 Å². The highest BCUT2D eigenvalue weighted by Crippen LogP contribution is 2.53. The Morgan fingerprint density at radius 1 is 0.862 bits per heavy atom. The van der Waals surface area contributed by atoms with Crippen molar-refractivity contribution in [2.45, 2.75) is 16.2 Å². The molecule has 1 fully saturated rings. The van der Waals surface area contributed by atoms with Crippen LogP contribution in [0.2, 0.25) is 0 Å². The van der Waals surface area contributed by atoms with E-state index in [1.54, 1.807) is 12.1 Å². The number of carbonyl (C=O) groups excluding carboxylic acids is 2. The Morgan fingerprint density at radius 3 is 2.14 bits per heavy atom. The summed E-state index contributed by atoms with van der Waals surface area (Å²) in [6.45, 7) is 0. The number of carbonyl (C=O) groups is 2. The van der Waals surface area contributed by atoms with Gasteiger partial charge < -0.3 is 4.98 Å². The standard InChI is InChI=1S/C20H12F2N2O3S2/c21-10-3-1-9(2-4-10)13-14-16(28-17-15(13)29-20(27)23-17)19(26)24(18(14)25)12-7-5-11(22)6-8-12/h1-8,13-14,16H,(H,23,27)/t13-,14-,16+/m0/s1. The van der Waals surface area contributed by atoms with Crippen LogP contribution >= 0.6 is 23.1 Å². The molecule has 2 aliphatic heterocycles. The fourth-order valence-electron chi connectivity index (χ4n) is 3.89. The number of benzene rings is 2. The normalized spacial score (nSPS) is 23.2. The molecule has 2 aliphatic rings. The van der Waals surface area contributed by atoms with Gasteiger partial charge in [0.2, 0.25) is 11.8 Å². The lowest BCUT2D eigenvalue weighted by Gasteiger charge is -2.29. The number of hydrogen-bond donors (Lipinski definition) is 1. The second-order valence-corrected chi connectivity index (χ2v) is 8.96. The molecule has 0 aliphatic carbocycles. The van der Waals surface area contributed by atoms with E-state index in [0.29, 0.717) is 21.2 Å². The Kier molecular flexibility index (Phi) is 4.18. The first-order valence-electron chi connectivity index (χ1n) is 8.72. The predicted molar refractivity (Wildman–Crippen MR) is 105 cm³/mol. The number of fused-ring (bicyclic) bond motifs is 2. The van der Waals surface area contributed by atoms with E-state index in [9.17, 15) is 23.2 Å². The molecule has 1 saturated heterocycles. The highest BCUT2D eigenvalue weighted by Gasteiger charge is 2.56. The Hall–Kier alpha value is -2.78. The van der Waals surface area contributed by atoms with Gasteiger partial charge in [-0.15, -0.1) is 0 Å². The summed E-state index contributed by atoms with van der Waals surface area (Å²) in [5.41, 5.74) is 0.950. The molecule has 5 rings (SSSR count). The number of halogens is 2. The Bertz CT molecular complexity index is 1190. The summed E-state index contributed by atoms with van der Waals surface area (Å²) in [6, 6.07) is 10.9. The summed E-state index contributed by atoms with van der Waals surface area (Å²) in [5.74, 6) is -3.02. The van der Waals surface area contributed by atoms with Crippen LogP contribution in [0.4, 0.5) is 14.5 Å². The third-order valence-corrected chi connectivity index (χ3v) is 7.54. The number of aromatic amines is 1. The number of thiazole rings is 1. The van der Waals surface area contributed by atoms with Gasteiger partial charge in [0.05, 0.1) is 16.6 Å². The molecule has 146 valence electrons. The molecule has 0 radical (unpaired) electrons. The minimum atomic E-state index is -0.748. The van der Waals surface area contributed by atoms with E-state index >= 15 is 0 Å². The maximum absolute atomic E-state index is 13.5. The van der Waals surface area contributed by atoms with E-state index in [2.05, 4.69) is 4.98 Å². The van der Waals surface area contributed by atoms with Crippen molar-refractivity contribution in [1.29, 1.82) is 0 Å². The number of hydrogen-bond acceptors (Lipinski definition) is 5. The number of imide groups is 1. The quantitative estimate of drug-likeness (QED) is 0.632. The van der Waals surface area contributed by atoms with Crippen LogP contribution in [0.15, 0.2) is 58.4 Å². The number of nitrogens with one attached hydrogen (secondary N) is 1. The van der Waals surface area contributed by atoms with E-state index in [4.69, 9.17) is 0 Å². The lowest BCUT2D eigenvalue weighted by molar-refractivity contribution is -0.122. The Morgan fingerprint density at radius 2 is 1.48 bits per heavy atom. The molecule has 5 nitrogen and oxygen atoms in total. The second-order valence-electron chi connectivity index (χ2n) is 6.79. The number of aromatic nitrogens is 1. The number of nitrogens with zero attached hydrogens (tertiary/aromatic N) is 1. The van der Waals surface area contributed by atoms with Crippen molar-refractivity contribution < 1.29 is 18.4 Å². The van der Waals surface area contributed by atoms with Crippen LogP contribution in [0.5, 0.6) is 0 Å². The van der Waals surface area contributed by atoms with E-state index in [-0.39, 0.29) is 4.87 Å². The van der Waals surface area contributed by atoms with Crippen LogP contribution in [0.25, 0.3) is 0 Å². The van der Waals surface area contributed by atoms with Gasteiger partial charge in [-0.25, -0.2) is 13.7 Å². The van der Waals surface area contributed by atoms with Gasteiger partial charge in [0, 0.05) is 10.8 Å². The van der Waals surface area contributed by atoms with Crippen molar-refractivity contribution >= 4 is 40.6 Å². The highest BCUT2D eigenvalue weighted by molar-refractivity contribution is 8.00. The molecule has 0 saturated carbocycles. The first-order valence-corrected chi connectivity index (χ1v) is 10.4. The predicted octanol–water partition coefficient (Wildman–Crippen LogP) is 3.51. The van der Waals surface area contributed by atoms with Gasteiger partial charge in [-0.2, -0.15) is 0 Å². The molecule has 3 heterocycles. The van der Waals surface area contributed by atoms with Crippen LogP contribution < -0.4 is 9.77 Å². The first kappa shape index (κ1) is 18.3. The zero-order chi connectivity index (χ0) is 20.3. The molecule has 29 heavy (non-hydrogen) atoms. The summed E-state index contributed by atoms with van der Waals surface area (Å²) in [7, 11) is 0. The molecular weight excluding hydrogens is 418 g/mol. The van der Waals surface area contributed by atoms with Crippen molar-refractivity contribution in [3.05, 3.63) is 80.3 Å². The zero-order valence-electron chi connectivity index (χ0n) is 14.6. The summed E-state index contributed by atoms with van der Waals surface area (Å²) >= 11 is 2.15. The fraction of sp³-hybridized carbons (Fsp3) is 0.150. The van der Waals surface area contributed by atoms with Gasteiger partial charge in [-0.05, 0) is 42.0 Å². The number of thioether (sulfide) groups is 1. The van der Waals surface area contributed by atoms with Crippen molar-refractivity contribution in [3.63, 3.8) is 0 Å². The van der Waals surface area contributed by atoms with Gasteiger partial charge in [0.15, 0.2) is 0 Å². The molecule has 0 bridgehead atoms. The molecule has 2 amide bonds. The average molecular weight is 430 g/mol. The van der Waals surface area contributed by atoms with Crippen LogP contribution in [-0.2, 0) is 9.59 Å². The third-order valence-electron chi connectivity index (χ3n) is 5.14. The molecule has 0 unspecified atom stereocenters. The van der Waals surface area contributed by atoms with Crippen molar-refractivity contribution in [3.8, 4) is 0 Å². The van der Waals surface area contributed by atoms with Gasteiger partial charge in [-0.3, -0.25) is 14.4 Å². The fourth-order valence-corrected chi connectivity index (χ4v) is 6.41. The minimum Gasteiger partial charge on any atom is -0.307 e. The number of anilines is 1. The molecule has 2 aromatic carbocycles. The highest BCUT2D eigenvalue weighted by atomic mass is 32.2. The Balaban J connectivity index is 1.64. The summed E-state index contributed by atoms with van der Waals surface area (Å²) < 4.78 is 26.8. The van der Waals surface area contributed by atoms with Gasteiger partial charge in [-0.1, -0.05) is 35.2 Å². The number of rotatable bonds is 2. The molecule has 3 atom stereocenters. The summed E-state index contributed by atoms with van der Waals surface area (Å²) in [6.07, 6.45) is 0. The smallest absolute Gasteiger partial charge is 0.305 e. The van der Waals surface area contributed by atoms with Crippen molar-refractivity contribution in [1.82, 2.24) is 4.98 Å². The van der Waals surface area contributed by atoms with E-state index < -0.39 is 40.5 Å². The SMILES string of the molecule is O=C1[C@H]2[C@H](c3ccc(F)cc3)c3sc(=O)[nH]c3S[C@H]2C(=O)N1c1ccc(F)cc1. The third kappa shape index (κ3) is 2.84. The largest absolute Gasteiger partial charge is 0.307 e. The molecule has 1 aromatic heterocycles. The molecule has 0 spiro atoms. The monoisotopic (exact) mass is 430 g/mol. The second kappa shape index (κ2) is 6.64. The first-order chi connectivity index (χ1) is 13.9. The summed E-state index contributed by atoms with van der Waals surface area (Å²) in [4.78, 5) is 42.6. The molecule has 1 N–H and O–H groups in total. The number of H-pyrrole nitrogens is 1. The van der Waals surface area contributed by atoms with Crippen LogP contribution in [-0.4, -0.2) is 22.0 Å². The van der Waals surface area contributed by atoms with Gasteiger partial charge >= 0.3 is 4.87 Å². The maximum Gasteiger partial charge on any atom is 0.305 e. The maximum atomic E-state index is 13.5. The van der Waals surface area contributed by atoms with Crippen LogP contribution in [0.1, 0.15) is 16.4 Å². The van der Waals surface area contributed by atoms with E-state index in [1.807, 2.05) is 0 Å². The van der Waals surface area contributed by atoms with Crippen LogP contribution in [0, 0.1) is 17.6 Å². The van der Waals surface area contributed by atoms with E-state index in [1.165, 1.54) is 36.4 Å². The minimum absolute atomic E-state index is 0.273. The van der Waals surface area contributed by atoms with Crippen molar-refractivity contribution in [2.24, 2.45) is 5.92 Å². The van der Waals surface area contributed by atoms with Gasteiger partial charge in [0.25, 0.3) is 0 Å². The average Bonchev–Trinajstić information content (AvgIpc) is 3.19. The van der Waals surface area contributed by atoms with Crippen molar-refractivity contribution in [2.75, 3.05) is 4.90 Å². The number of amides is 2. The molecule has 9 heteroatoms. The zero-order valence-corrected chi connectivity index (χ0v) is 16.2.